The molecule has 41 heavy (non-hydrogen) atoms. The van der Waals surface area contributed by atoms with E-state index in [9.17, 15) is 4.79 Å². The predicted octanol–water partition coefficient (Wildman–Crippen LogP) is 10.6. The molecular weight excluding hydrogens is 500 g/mol. The molecule has 0 saturated heterocycles. The van der Waals surface area contributed by atoms with Crippen LogP contribution in [-0.4, -0.2) is 12.1 Å². The molecule has 1 aromatic rings. The van der Waals surface area contributed by atoms with Gasteiger partial charge in [0.25, 0.3) is 0 Å². The van der Waals surface area contributed by atoms with Crippen LogP contribution in [0.2, 0.25) is 0 Å². The smallest absolute Gasteiger partial charge is 0.331 e. The molecule has 3 fully saturated rings. The molecule has 0 heterocycles. The monoisotopic (exact) mass is 556 g/mol. The molecule has 2 heteroatoms. The van der Waals surface area contributed by atoms with Crippen LogP contribution in [0.3, 0.4) is 0 Å². The van der Waals surface area contributed by atoms with Crippen LogP contribution in [0.4, 0.5) is 0 Å². The van der Waals surface area contributed by atoms with Gasteiger partial charge in [0.1, 0.15) is 6.10 Å². The van der Waals surface area contributed by atoms with Gasteiger partial charge >= 0.3 is 5.97 Å². The number of allylic oxidation sites excluding steroid dienone is 4. The molecule has 5 rings (SSSR count). The average molecular weight is 557 g/mol. The van der Waals surface area contributed by atoms with E-state index >= 15 is 0 Å². The summed E-state index contributed by atoms with van der Waals surface area (Å²) in [5.41, 5.74) is 5.22. The van der Waals surface area contributed by atoms with Crippen molar-refractivity contribution >= 4 is 12.0 Å². The number of hydrogen-bond donors (Lipinski definition) is 0. The quantitative estimate of drug-likeness (QED) is 0.190. The Bertz CT molecular complexity index is 1200. The fourth-order valence-electron chi connectivity index (χ4n) is 10.6. The zero-order valence-electron chi connectivity index (χ0n) is 27.3. The highest BCUT2D eigenvalue weighted by Gasteiger charge is 2.65. The first-order chi connectivity index (χ1) is 19.3. The first-order valence-corrected chi connectivity index (χ1v) is 16.6. The van der Waals surface area contributed by atoms with Gasteiger partial charge < -0.3 is 4.74 Å². The molecule has 224 valence electrons. The van der Waals surface area contributed by atoms with Crippen LogP contribution in [0.15, 0.2) is 59.7 Å². The zero-order chi connectivity index (χ0) is 29.6. The minimum atomic E-state index is -0.209. The maximum Gasteiger partial charge on any atom is 0.331 e. The standard InChI is InChI=1S/C39H56O2/c1-27(2)13-12-14-28(3)30-21-25-39(8)32-18-19-33-36(4,5)34(41-35(40)20-17-29-15-10-9-11-16-29)23-24-37(33,6)31(32)22-26-38(30,39)7/h9-11,13,15-18,20,28,30-31,33-34H,12,14,19,21-26H2,1-8H3/b20-17+/t28-,30+,31+,33+,34+,37-,38+,39-/m1/s1. The molecule has 0 amide bonds. The summed E-state index contributed by atoms with van der Waals surface area (Å²) in [5.74, 6) is 2.58. The third kappa shape index (κ3) is 5.21. The van der Waals surface area contributed by atoms with E-state index < -0.39 is 0 Å². The van der Waals surface area contributed by atoms with Gasteiger partial charge in [-0.2, -0.15) is 0 Å². The van der Waals surface area contributed by atoms with Crippen LogP contribution in [-0.2, 0) is 9.53 Å². The number of rotatable bonds is 7. The van der Waals surface area contributed by atoms with Crippen molar-refractivity contribution in [3.05, 3.63) is 65.3 Å². The van der Waals surface area contributed by atoms with Gasteiger partial charge in [0, 0.05) is 11.5 Å². The number of benzene rings is 1. The van der Waals surface area contributed by atoms with Gasteiger partial charge in [-0.15, -0.1) is 0 Å². The summed E-state index contributed by atoms with van der Waals surface area (Å²) >= 11 is 0. The van der Waals surface area contributed by atoms with Crippen molar-refractivity contribution in [2.24, 2.45) is 45.3 Å². The highest BCUT2D eigenvalue weighted by molar-refractivity contribution is 5.87. The second-order valence-corrected chi connectivity index (χ2v) is 15.8. The van der Waals surface area contributed by atoms with Gasteiger partial charge in [-0.05, 0) is 123 Å². The summed E-state index contributed by atoms with van der Waals surface area (Å²) in [6.07, 6.45) is 19.8. The summed E-state index contributed by atoms with van der Waals surface area (Å²) in [7, 11) is 0. The Balaban J connectivity index is 1.33. The fourth-order valence-corrected chi connectivity index (χ4v) is 10.6. The molecule has 4 aliphatic carbocycles. The van der Waals surface area contributed by atoms with Gasteiger partial charge in [-0.1, -0.05) is 95.2 Å². The van der Waals surface area contributed by atoms with Gasteiger partial charge in [0.15, 0.2) is 0 Å². The van der Waals surface area contributed by atoms with Crippen LogP contribution >= 0.6 is 0 Å². The number of hydrogen-bond acceptors (Lipinski definition) is 2. The molecule has 3 saturated carbocycles. The van der Waals surface area contributed by atoms with Crippen LogP contribution < -0.4 is 0 Å². The van der Waals surface area contributed by atoms with E-state index in [1.54, 1.807) is 11.6 Å². The lowest BCUT2D eigenvalue weighted by Crippen LogP contribution is -2.58. The average Bonchev–Trinajstić information content (AvgIpc) is 3.21. The molecule has 0 unspecified atom stereocenters. The molecule has 4 aliphatic rings. The Morgan fingerprint density at radius 3 is 2.44 bits per heavy atom. The van der Waals surface area contributed by atoms with E-state index in [0.29, 0.717) is 22.7 Å². The summed E-state index contributed by atoms with van der Waals surface area (Å²) in [4.78, 5) is 12.9. The van der Waals surface area contributed by atoms with Crippen LogP contribution in [0, 0.1) is 45.3 Å². The molecule has 0 aliphatic heterocycles. The SMILES string of the molecule is CC(C)=CCC[C@@H](C)[C@@H]1CC[C@]2(C)C3=CC[C@H]4C(C)(C)[C@@H](OC(=O)/C=C/c5ccccc5)CC[C@]4(C)[C@H]3CC[C@@]12C. The Kier molecular flexibility index (Phi) is 8.30. The molecule has 8 atom stereocenters. The maximum absolute atomic E-state index is 12.9. The highest BCUT2D eigenvalue weighted by atomic mass is 16.5. The first-order valence-electron chi connectivity index (χ1n) is 16.6. The van der Waals surface area contributed by atoms with E-state index in [-0.39, 0.29) is 22.9 Å². The van der Waals surface area contributed by atoms with Gasteiger partial charge in [0.2, 0.25) is 0 Å². The third-order valence-corrected chi connectivity index (χ3v) is 13.2. The van der Waals surface area contributed by atoms with Crippen molar-refractivity contribution < 1.29 is 9.53 Å². The van der Waals surface area contributed by atoms with Gasteiger partial charge in [0.05, 0.1) is 0 Å². The van der Waals surface area contributed by atoms with Gasteiger partial charge in [-0.25, -0.2) is 4.79 Å². The summed E-state index contributed by atoms with van der Waals surface area (Å²) in [5, 5.41) is 0. The van der Waals surface area contributed by atoms with Crippen LogP contribution in [0.1, 0.15) is 119 Å². The van der Waals surface area contributed by atoms with E-state index in [4.69, 9.17) is 4.74 Å². The maximum atomic E-state index is 12.9. The lowest BCUT2D eigenvalue weighted by molar-refractivity contribution is -0.172. The summed E-state index contributed by atoms with van der Waals surface area (Å²) in [6, 6.07) is 10.0. The molecular formula is C39H56O2. The largest absolute Gasteiger partial charge is 0.459 e. The molecule has 0 N–H and O–H groups in total. The van der Waals surface area contributed by atoms with Crippen molar-refractivity contribution in [2.75, 3.05) is 0 Å². The Labute approximate surface area is 251 Å². The molecule has 0 aromatic heterocycles. The van der Waals surface area contributed by atoms with E-state index in [1.807, 2.05) is 36.4 Å². The highest BCUT2D eigenvalue weighted by Crippen LogP contribution is 2.73. The first kappa shape index (κ1) is 30.4. The number of ether oxygens (including phenoxy) is 1. The summed E-state index contributed by atoms with van der Waals surface area (Å²) < 4.78 is 6.20. The van der Waals surface area contributed by atoms with Crippen LogP contribution in [0.5, 0.6) is 0 Å². The molecule has 2 nitrogen and oxygen atoms in total. The van der Waals surface area contributed by atoms with E-state index in [0.717, 1.165) is 36.7 Å². The number of fused-ring (bicyclic) bond motifs is 5. The number of carbonyl (C=O) groups excluding carboxylic acids is 1. The topological polar surface area (TPSA) is 26.3 Å². The van der Waals surface area contributed by atoms with Crippen LogP contribution in [0.25, 0.3) is 6.08 Å². The lowest BCUT2D eigenvalue weighted by atomic mass is 9.41. The predicted molar refractivity (Wildman–Crippen MR) is 172 cm³/mol. The number of carbonyl (C=O) groups is 1. The third-order valence-electron chi connectivity index (χ3n) is 13.2. The number of esters is 1. The second-order valence-electron chi connectivity index (χ2n) is 15.8. The van der Waals surface area contributed by atoms with Crippen molar-refractivity contribution in [2.45, 2.75) is 119 Å². The van der Waals surface area contributed by atoms with Crippen molar-refractivity contribution in [1.29, 1.82) is 0 Å². The minimum absolute atomic E-state index is 0.0367. The Hall–Kier alpha value is -2.09. The molecule has 0 spiro atoms. The zero-order valence-corrected chi connectivity index (χ0v) is 27.3. The Morgan fingerprint density at radius 1 is 1.00 bits per heavy atom. The van der Waals surface area contributed by atoms with Crippen molar-refractivity contribution in [3.8, 4) is 0 Å². The fraction of sp³-hybridized carbons (Fsp3) is 0.667. The minimum Gasteiger partial charge on any atom is -0.459 e. The molecule has 0 radical (unpaired) electrons. The van der Waals surface area contributed by atoms with E-state index in [2.05, 4.69) is 67.5 Å². The van der Waals surface area contributed by atoms with Gasteiger partial charge in [-0.3, -0.25) is 0 Å². The van der Waals surface area contributed by atoms with Crippen molar-refractivity contribution in [1.82, 2.24) is 0 Å². The Morgan fingerprint density at radius 2 is 1.73 bits per heavy atom. The molecule has 1 aromatic carbocycles. The summed E-state index contributed by atoms with van der Waals surface area (Å²) in [6.45, 7) is 19.7. The normalized spacial score (nSPS) is 38.3. The lowest BCUT2D eigenvalue weighted by Gasteiger charge is -2.64. The van der Waals surface area contributed by atoms with Crippen molar-refractivity contribution in [3.63, 3.8) is 0 Å². The second kappa shape index (κ2) is 11.2. The van der Waals surface area contributed by atoms with E-state index in [1.165, 1.54) is 44.1 Å². The molecule has 0 bridgehead atoms.